The lowest BCUT2D eigenvalue weighted by Crippen LogP contribution is -2.12. The number of benzene rings is 2. The summed E-state index contributed by atoms with van der Waals surface area (Å²) in [5.41, 5.74) is 1.75. The molecule has 21 heavy (non-hydrogen) atoms. The molecule has 1 aliphatic heterocycles. The molecule has 4 heteroatoms. The van der Waals surface area contributed by atoms with Crippen LogP contribution in [0.25, 0.3) is 0 Å². The molecule has 0 saturated heterocycles. The van der Waals surface area contributed by atoms with Crippen molar-refractivity contribution in [2.45, 2.75) is 12.8 Å². The molecule has 0 bridgehead atoms. The third-order valence-electron chi connectivity index (χ3n) is 3.58. The van der Waals surface area contributed by atoms with Gasteiger partial charge in [0.25, 0.3) is 0 Å². The van der Waals surface area contributed by atoms with E-state index in [0.29, 0.717) is 29.5 Å². The van der Waals surface area contributed by atoms with Crippen LogP contribution in [0.15, 0.2) is 42.5 Å². The van der Waals surface area contributed by atoms with Gasteiger partial charge < -0.3 is 9.47 Å². The number of ketones is 1. The number of carbonyl (C=O) groups is 1. The molecule has 0 saturated carbocycles. The standard InChI is InChI=1S/C17H15ClO3/c1-11(19)12-6-7-17(15(18)8-12)21-10-13-9-20-16-5-3-2-4-14(13)16/h2-8,13H,9-10H2,1H3. The Morgan fingerprint density at radius 3 is 2.90 bits per heavy atom. The molecule has 0 aromatic heterocycles. The first-order chi connectivity index (χ1) is 10.1. The quantitative estimate of drug-likeness (QED) is 0.798. The molecule has 108 valence electrons. The van der Waals surface area contributed by atoms with Crippen molar-refractivity contribution < 1.29 is 14.3 Å². The summed E-state index contributed by atoms with van der Waals surface area (Å²) < 4.78 is 11.4. The fraction of sp³-hybridized carbons (Fsp3) is 0.235. The average Bonchev–Trinajstić information content (AvgIpc) is 2.89. The molecule has 0 amide bonds. The number of hydrogen-bond donors (Lipinski definition) is 0. The van der Waals surface area contributed by atoms with Gasteiger partial charge in [-0.15, -0.1) is 0 Å². The first-order valence-corrected chi connectivity index (χ1v) is 7.18. The first-order valence-electron chi connectivity index (χ1n) is 6.80. The van der Waals surface area contributed by atoms with Gasteiger partial charge in [0.2, 0.25) is 0 Å². The maximum atomic E-state index is 11.3. The van der Waals surface area contributed by atoms with Crippen molar-refractivity contribution >= 4 is 17.4 Å². The lowest BCUT2D eigenvalue weighted by atomic mass is 10.0. The van der Waals surface area contributed by atoms with Crippen LogP contribution in [0.2, 0.25) is 5.02 Å². The summed E-state index contributed by atoms with van der Waals surface area (Å²) in [4.78, 5) is 11.3. The largest absolute Gasteiger partial charge is 0.493 e. The maximum Gasteiger partial charge on any atom is 0.159 e. The number of para-hydroxylation sites is 1. The maximum absolute atomic E-state index is 11.3. The van der Waals surface area contributed by atoms with Gasteiger partial charge in [0.05, 0.1) is 24.2 Å². The minimum Gasteiger partial charge on any atom is -0.493 e. The van der Waals surface area contributed by atoms with Crippen molar-refractivity contribution in [3.05, 3.63) is 58.6 Å². The van der Waals surface area contributed by atoms with E-state index in [1.807, 2.05) is 18.2 Å². The van der Waals surface area contributed by atoms with Gasteiger partial charge in [0.15, 0.2) is 5.78 Å². The highest BCUT2D eigenvalue weighted by Crippen LogP contribution is 2.34. The van der Waals surface area contributed by atoms with Gasteiger partial charge in [-0.3, -0.25) is 4.79 Å². The second-order valence-corrected chi connectivity index (χ2v) is 5.47. The van der Waals surface area contributed by atoms with E-state index in [2.05, 4.69) is 6.07 Å². The molecule has 1 atom stereocenters. The second kappa shape index (κ2) is 5.78. The molecule has 0 fully saturated rings. The first kappa shape index (κ1) is 14.0. The molecule has 0 N–H and O–H groups in total. The summed E-state index contributed by atoms with van der Waals surface area (Å²) >= 11 is 6.15. The smallest absolute Gasteiger partial charge is 0.159 e. The van der Waals surface area contributed by atoms with Gasteiger partial charge in [-0.05, 0) is 31.2 Å². The van der Waals surface area contributed by atoms with Gasteiger partial charge >= 0.3 is 0 Å². The summed E-state index contributed by atoms with van der Waals surface area (Å²) in [5, 5.41) is 0.454. The van der Waals surface area contributed by atoms with Gasteiger partial charge in [-0.1, -0.05) is 29.8 Å². The predicted octanol–water partition coefficient (Wildman–Crippen LogP) is 4.10. The van der Waals surface area contributed by atoms with E-state index >= 15 is 0 Å². The molecule has 0 radical (unpaired) electrons. The van der Waals surface area contributed by atoms with E-state index in [9.17, 15) is 4.79 Å². The minimum absolute atomic E-state index is 0.0124. The molecule has 1 aliphatic rings. The Bertz CT molecular complexity index is 681. The van der Waals surface area contributed by atoms with E-state index in [0.717, 1.165) is 11.3 Å². The van der Waals surface area contributed by atoms with Gasteiger partial charge in [0.1, 0.15) is 11.5 Å². The fourth-order valence-corrected chi connectivity index (χ4v) is 2.63. The van der Waals surface area contributed by atoms with E-state index in [-0.39, 0.29) is 11.7 Å². The van der Waals surface area contributed by atoms with Crippen LogP contribution in [-0.4, -0.2) is 19.0 Å². The summed E-state index contributed by atoms with van der Waals surface area (Å²) in [7, 11) is 0. The Balaban J connectivity index is 1.70. The molecule has 2 aromatic carbocycles. The summed E-state index contributed by atoms with van der Waals surface area (Å²) in [6, 6.07) is 13.1. The van der Waals surface area contributed by atoms with Crippen LogP contribution >= 0.6 is 11.6 Å². The Kier molecular flexibility index (Phi) is 3.84. The van der Waals surface area contributed by atoms with E-state index < -0.39 is 0 Å². The van der Waals surface area contributed by atoms with Gasteiger partial charge in [-0.25, -0.2) is 0 Å². The molecular formula is C17H15ClO3. The Morgan fingerprint density at radius 1 is 1.33 bits per heavy atom. The summed E-state index contributed by atoms with van der Waals surface area (Å²) in [6.45, 7) is 2.62. The number of Topliss-reactive ketones (excluding diaryl/α,β-unsaturated/α-hetero) is 1. The predicted molar refractivity (Wildman–Crippen MR) is 81.6 cm³/mol. The van der Waals surface area contributed by atoms with E-state index in [4.69, 9.17) is 21.1 Å². The molecule has 3 nitrogen and oxygen atoms in total. The van der Waals surface area contributed by atoms with Crippen molar-refractivity contribution in [3.63, 3.8) is 0 Å². The summed E-state index contributed by atoms with van der Waals surface area (Å²) in [5.74, 6) is 1.70. The minimum atomic E-state index is -0.0124. The van der Waals surface area contributed by atoms with Crippen LogP contribution in [0.3, 0.4) is 0 Å². The lowest BCUT2D eigenvalue weighted by Gasteiger charge is -2.12. The van der Waals surface area contributed by atoms with Crippen molar-refractivity contribution in [1.82, 2.24) is 0 Å². The zero-order valence-electron chi connectivity index (χ0n) is 11.6. The molecule has 0 aliphatic carbocycles. The van der Waals surface area contributed by atoms with E-state index in [1.165, 1.54) is 6.92 Å². The van der Waals surface area contributed by atoms with Crippen molar-refractivity contribution in [2.24, 2.45) is 0 Å². The molecule has 1 heterocycles. The van der Waals surface area contributed by atoms with Crippen LogP contribution in [0, 0.1) is 0 Å². The Labute approximate surface area is 128 Å². The van der Waals surface area contributed by atoms with Crippen LogP contribution in [0.4, 0.5) is 0 Å². The highest BCUT2D eigenvalue weighted by molar-refractivity contribution is 6.32. The van der Waals surface area contributed by atoms with Gasteiger partial charge in [0, 0.05) is 11.1 Å². The third kappa shape index (κ3) is 2.88. The molecular weight excluding hydrogens is 288 g/mol. The Hall–Kier alpha value is -2.00. The SMILES string of the molecule is CC(=O)c1ccc(OCC2COc3ccccc32)c(Cl)c1. The number of fused-ring (bicyclic) bond motifs is 1. The van der Waals surface area contributed by atoms with Crippen molar-refractivity contribution in [1.29, 1.82) is 0 Å². The number of halogens is 1. The molecule has 0 spiro atoms. The Morgan fingerprint density at radius 2 is 2.14 bits per heavy atom. The molecule has 3 rings (SSSR count). The fourth-order valence-electron chi connectivity index (χ4n) is 2.39. The van der Waals surface area contributed by atoms with Crippen LogP contribution < -0.4 is 9.47 Å². The number of ether oxygens (including phenoxy) is 2. The topological polar surface area (TPSA) is 35.5 Å². The average molecular weight is 303 g/mol. The number of rotatable bonds is 4. The zero-order valence-corrected chi connectivity index (χ0v) is 12.4. The monoisotopic (exact) mass is 302 g/mol. The third-order valence-corrected chi connectivity index (χ3v) is 3.87. The van der Waals surface area contributed by atoms with E-state index in [1.54, 1.807) is 18.2 Å². The van der Waals surface area contributed by atoms with Crippen molar-refractivity contribution in [3.8, 4) is 11.5 Å². The van der Waals surface area contributed by atoms with Crippen LogP contribution in [-0.2, 0) is 0 Å². The number of carbonyl (C=O) groups excluding carboxylic acids is 1. The normalized spacial score (nSPS) is 16.2. The second-order valence-electron chi connectivity index (χ2n) is 5.06. The highest BCUT2D eigenvalue weighted by atomic mass is 35.5. The van der Waals surface area contributed by atoms with Crippen molar-refractivity contribution in [2.75, 3.05) is 13.2 Å². The molecule has 2 aromatic rings. The van der Waals surface area contributed by atoms with Crippen LogP contribution in [0.1, 0.15) is 28.8 Å². The lowest BCUT2D eigenvalue weighted by molar-refractivity contribution is 0.101. The van der Waals surface area contributed by atoms with Gasteiger partial charge in [-0.2, -0.15) is 0 Å². The summed E-state index contributed by atoms with van der Waals surface area (Å²) in [6.07, 6.45) is 0. The molecule has 1 unspecified atom stereocenters. The highest BCUT2D eigenvalue weighted by Gasteiger charge is 2.24. The zero-order chi connectivity index (χ0) is 14.8. The number of hydrogen-bond acceptors (Lipinski definition) is 3. The van der Waals surface area contributed by atoms with Crippen LogP contribution in [0.5, 0.6) is 11.5 Å².